The number of halogens is 1. The third-order valence-electron chi connectivity index (χ3n) is 5.46. The number of urea groups is 1. The van der Waals surface area contributed by atoms with Gasteiger partial charge in [0.15, 0.2) is 0 Å². The van der Waals surface area contributed by atoms with Gasteiger partial charge < -0.3 is 10.2 Å². The van der Waals surface area contributed by atoms with Gasteiger partial charge in [0.25, 0.3) is 5.91 Å². The molecule has 6 nitrogen and oxygen atoms in total. The van der Waals surface area contributed by atoms with Crippen molar-refractivity contribution in [3.8, 4) is 0 Å². The molecule has 7 heteroatoms. The van der Waals surface area contributed by atoms with E-state index in [0.29, 0.717) is 5.56 Å². The Morgan fingerprint density at radius 3 is 2.46 bits per heavy atom. The van der Waals surface area contributed by atoms with E-state index < -0.39 is 17.5 Å². The molecule has 0 bridgehead atoms. The molecular weight excluding hydrogens is 398 g/mol. The first-order chi connectivity index (χ1) is 12.3. The van der Waals surface area contributed by atoms with Crippen molar-refractivity contribution < 1.29 is 14.4 Å². The summed E-state index contributed by atoms with van der Waals surface area (Å²) in [5, 5.41) is 2.75. The Kier molecular flexibility index (Phi) is 5.10. The number of likely N-dealkylation sites (tertiary alicyclic amines) is 1. The van der Waals surface area contributed by atoms with Crippen LogP contribution in [0.5, 0.6) is 0 Å². The van der Waals surface area contributed by atoms with Crippen molar-refractivity contribution in [3.63, 3.8) is 0 Å². The van der Waals surface area contributed by atoms with Crippen LogP contribution in [0.3, 0.4) is 0 Å². The Morgan fingerprint density at radius 1 is 1.23 bits per heavy atom. The highest BCUT2D eigenvalue weighted by Gasteiger charge is 2.50. The second-order valence-electron chi connectivity index (χ2n) is 7.36. The molecule has 0 radical (unpaired) electrons. The van der Waals surface area contributed by atoms with Crippen LogP contribution < -0.4 is 5.32 Å². The molecule has 1 N–H and O–H groups in total. The first-order valence-electron chi connectivity index (χ1n) is 8.96. The highest BCUT2D eigenvalue weighted by atomic mass is 79.9. The number of amides is 4. The number of nitrogens with zero attached hydrogens (tertiary/aromatic N) is 2. The van der Waals surface area contributed by atoms with Gasteiger partial charge in [-0.1, -0.05) is 34.1 Å². The van der Waals surface area contributed by atoms with Gasteiger partial charge in [0.1, 0.15) is 12.1 Å². The Hall–Kier alpha value is -1.89. The summed E-state index contributed by atoms with van der Waals surface area (Å²) in [6.07, 6.45) is 2.99. The zero-order valence-electron chi connectivity index (χ0n) is 15.3. The summed E-state index contributed by atoms with van der Waals surface area (Å²) in [6, 6.07) is 7.00. The highest BCUT2D eigenvalue weighted by Crippen LogP contribution is 2.33. The molecule has 2 aliphatic heterocycles. The SMILES string of the molecule is CC1CCCC(C)N1C(=O)CN1C(=O)NC(C)(c2ccccc2Br)C1=O. The normalized spacial score (nSPS) is 29.1. The third-order valence-corrected chi connectivity index (χ3v) is 6.15. The summed E-state index contributed by atoms with van der Waals surface area (Å²) >= 11 is 3.44. The van der Waals surface area contributed by atoms with Crippen LogP contribution in [0.4, 0.5) is 4.79 Å². The lowest BCUT2D eigenvalue weighted by atomic mass is 9.92. The molecule has 1 aromatic rings. The summed E-state index contributed by atoms with van der Waals surface area (Å²) < 4.78 is 0.739. The number of hydrogen-bond donors (Lipinski definition) is 1. The summed E-state index contributed by atoms with van der Waals surface area (Å²) in [5.41, 5.74) is -0.510. The van der Waals surface area contributed by atoms with Crippen LogP contribution in [-0.4, -0.2) is 46.3 Å². The number of nitrogens with one attached hydrogen (secondary N) is 1. The van der Waals surface area contributed by atoms with Gasteiger partial charge in [-0.3, -0.25) is 14.5 Å². The van der Waals surface area contributed by atoms with Crippen molar-refractivity contribution >= 4 is 33.8 Å². The molecule has 2 aliphatic rings. The molecule has 3 unspecified atom stereocenters. The van der Waals surface area contributed by atoms with Crippen molar-refractivity contribution in [2.45, 2.75) is 57.7 Å². The van der Waals surface area contributed by atoms with E-state index in [4.69, 9.17) is 0 Å². The van der Waals surface area contributed by atoms with Crippen molar-refractivity contribution in [1.29, 1.82) is 0 Å². The number of imide groups is 1. The summed E-state index contributed by atoms with van der Waals surface area (Å²) in [7, 11) is 0. The first kappa shape index (κ1) is 18.9. The maximum atomic E-state index is 13.0. The van der Waals surface area contributed by atoms with E-state index in [1.54, 1.807) is 13.0 Å². The largest absolute Gasteiger partial charge is 0.336 e. The van der Waals surface area contributed by atoms with Crippen LogP contribution in [0.2, 0.25) is 0 Å². The minimum Gasteiger partial charge on any atom is -0.336 e. The van der Waals surface area contributed by atoms with Gasteiger partial charge in [-0.2, -0.15) is 0 Å². The van der Waals surface area contributed by atoms with Crippen molar-refractivity contribution in [3.05, 3.63) is 34.3 Å². The van der Waals surface area contributed by atoms with Gasteiger partial charge >= 0.3 is 6.03 Å². The molecule has 3 atom stereocenters. The summed E-state index contributed by atoms with van der Waals surface area (Å²) in [4.78, 5) is 41.2. The fraction of sp³-hybridized carbons (Fsp3) is 0.526. The van der Waals surface area contributed by atoms with Gasteiger partial charge in [-0.15, -0.1) is 0 Å². The fourth-order valence-corrected chi connectivity index (χ4v) is 4.70. The molecule has 26 heavy (non-hydrogen) atoms. The zero-order valence-corrected chi connectivity index (χ0v) is 16.9. The Labute approximate surface area is 162 Å². The molecule has 0 aliphatic carbocycles. The van der Waals surface area contributed by atoms with Crippen LogP contribution in [0.1, 0.15) is 45.6 Å². The minimum absolute atomic E-state index is 0.127. The molecule has 0 aromatic heterocycles. The lowest BCUT2D eigenvalue weighted by molar-refractivity contribution is -0.142. The fourth-order valence-electron chi connectivity index (χ4n) is 4.02. The Morgan fingerprint density at radius 2 is 1.85 bits per heavy atom. The van der Waals surface area contributed by atoms with Gasteiger partial charge in [-0.25, -0.2) is 4.79 Å². The average molecular weight is 422 g/mol. The van der Waals surface area contributed by atoms with Crippen LogP contribution in [-0.2, 0) is 15.1 Å². The van der Waals surface area contributed by atoms with E-state index in [1.807, 2.05) is 36.9 Å². The molecule has 2 fully saturated rings. The Bertz CT molecular complexity index is 743. The van der Waals surface area contributed by atoms with Crippen molar-refractivity contribution in [2.24, 2.45) is 0 Å². The van der Waals surface area contributed by atoms with E-state index in [0.717, 1.165) is 28.6 Å². The minimum atomic E-state index is -1.18. The number of rotatable bonds is 3. The predicted octanol–water partition coefficient (Wildman–Crippen LogP) is 3.01. The van der Waals surface area contributed by atoms with E-state index in [-0.39, 0.29) is 24.5 Å². The quantitative estimate of drug-likeness (QED) is 0.762. The van der Waals surface area contributed by atoms with Crippen molar-refractivity contribution in [1.82, 2.24) is 15.1 Å². The maximum Gasteiger partial charge on any atom is 0.325 e. The monoisotopic (exact) mass is 421 g/mol. The third kappa shape index (κ3) is 3.13. The number of benzene rings is 1. The van der Waals surface area contributed by atoms with Gasteiger partial charge in [-0.05, 0) is 46.1 Å². The molecule has 0 saturated carbocycles. The van der Waals surface area contributed by atoms with E-state index >= 15 is 0 Å². The molecular formula is C19H24BrN3O3. The van der Waals surface area contributed by atoms with Gasteiger partial charge in [0, 0.05) is 22.1 Å². The smallest absolute Gasteiger partial charge is 0.325 e. The highest BCUT2D eigenvalue weighted by molar-refractivity contribution is 9.10. The maximum absolute atomic E-state index is 13.0. The second kappa shape index (κ2) is 7.02. The molecule has 4 amide bonds. The van der Waals surface area contributed by atoms with Crippen LogP contribution in [0, 0.1) is 0 Å². The lowest BCUT2D eigenvalue weighted by Crippen LogP contribution is -2.52. The van der Waals surface area contributed by atoms with Crippen molar-refractivity contribution in [2.75, 3.05) is 6.54 Å². The van der Waals surface area contributed by atoms with E-state index in [2.05, 4.69) is 21.2 Å². The summed E-state index contributed by atoms with van der Waals surface area (Å²) in [6.45, 7) is 5.48. The first-order valence-corrected chi connectivity index (χ1v) is 9.75. The molecule has 0 spiro atoms. The van der Waals surface area contributed by atoms with Gasteiger partial charge in [0.2, 0.25) is 5.91 Å². The molecule has 1 aromatic carbocycles. The lowest BCUT2D eigenvalue weighted by Gasteiger charge is -2.39. The van der Waals surface area contributed by atoms with E-state index in [1.165, 1.54) is 0 Å². The predicted molar refractivity (Wildman–Crippen MR) is 101 cm³/mol. The molecule has 3 rings (SSSR count). The number of piperidine rings is 1. The molecule has 140 valence electrons. The Balaban J connectivity index is 1.81. The van der Waals surface area contributed by atoms with Crippen LogP contribution in [0.25, 0.3) is 0 Å². The number of carbonyl (C=O) groups is 3. The van der Waals surface area contributed by atoms with Crippen LogP contribution >= 0.6 is 15.9 Å². The average Bonchev–Trinajstić information content (AvgIpc) is 2.79. The standard InChI is InChI=1S/C19H24BrN3O3/c1-12-7-6-8-13(2)23(12)16(24)11-22-17(25)19(3,21-18(22)26)14-9-4-5-10-15(14)20/h4-5,9-10,12-13H,6-8,11H2,1-3H3,(H,21,26). The zero-order chi connectivity index (χ0) is 19.1. The van der Waals surface area contributed by atoms with Crippen LogP contribution in [0.15, 0.2) is 28.7 Å². The molecule has 2 saturated heterocycles. The second-order valence-corrected chi connectivity index (χ2v) is 8.21. The van der Waals surface area contributed by atoms with Gasteiger partial charge in [0.05, 0.1) is 0 Å². The molecule has 2 heterocycles. The topological polar surface area (TPSA) is 69.7 Å². The summed E-state index contributed by atoms with van der Waals surface area (Å²) in [5.74, 6) is -0.579. The van der Waals surface area contributed by atoms with E-state index in [9.17, 15) is 14.4 Å². The number of carbonyl (C=O) groups excluding carboxylic acids is 3. The number of hydrogen-bond acceptors (Lipinski definition) is 3.